The van der Waals surface area contributed by atoms with Crippen LogP contribution < -0.4 is 10.6 Å². The van der Waals surface area contributed by atoms with Gasteiger partial charge in [-0.2, -0.15) is 0 Å². The number of aliphatic hydroxyl groups excluding tert-OH is 2. The van der Waals surface area contributed by atoms with Crippen LogP contribution in [0.3, 0.4) is 0 Å². The highest BCUT2D eigenvalue weighted by Gasteiger charge is 2.76. The first-order chi connectivity index (χ1) is 24.1. The van der Waals surface area contributed by atoms with Gasteiger partial charge in [-0.15, -0.1) is 11.6 Å². The third-order valence-corrected chi connectivity index (χ3v) is 13.2. The fraction of sp³-hybridized carbons (Fsp3) is 0.632. The number of carbonyl (C=O) groups excluding carboxylic acids is 4. The van der Waals surface area contributed by atoms with Crippen molar-refractivity contribution in [3.8, 4) is 0 Å². The monoisotopic (exact) mass is 729 g/mol. The summed E-state index contributed by atoms with van der Waals surface area (Å²) in [6, 6.07) is 7.43. The van der Waals surface area contributed by atoms with Crippen LogP contribution in [0.1, 0.15) is 65.4 Å². The van der Waals surface area contributed by atoms with E-state index in [0.29, 0.717) is 19.3 Å². The maximum atomic E-state index is 14.4. The highest BCUT2D eigenvalue weighted by atomic mass is 35.5. The van der Waals surface area contributed by atoms with Crippen molar-refractivity contribution in [3.05, 3.63) is 53.6 Å². The molecule has 9 atom stereocenters. The van der Waals surface area contributed by atoms with Crippen LogP contribution in [-0.4, -0.2) is 95.5 Å². The first-order valence-corrected chi connectivity index (χ1v) is 18.2. The fourth-order valence-corrected chi connectivity index (χ4v) is 10.0. The molecule has 0 spiro atoms. The number of nitrogens with one attached hydrogen (secondary N) is 2. The van der Waals surface area contributed by atoms with Crippen LogP contribution in [0.15, 0.2) is 48.1 Å². The molecule has 51 heavy (non-hydrogen) atoms. The minimum absolute atomic E-state index is 0.0356. The van der Waals surface area contributed by atoms with Crippen molar-refractivity contribution in [1.82, 2.24) is 10.2 Å². The number of ketones is 1. The number of hydrogen-bond donors (Lipinski definition) is 4. The molecule has 0 bridgehead atoms. The predicted octanol–water partition coefficient (Wildman–Crippen LogP) is 4.96. The zero-order valence-corrected chi connectivity index (χ0v) is 31.1. The van der Waals surface area contributed by atoms with E-state index >= 15 is 0 Å². The molecule has 0 heterocycles. The highest BCUT2D eigenvalue weighted by molar-refractivity contribution is 6.26. The number of alkyl halides is 1. The predicted molar refractivity (Wildman–Crippen MR) is 191 cm³/mol. The van der Waals surface area contributed by atoms with E-state index < -0.39 is 70.0 Å². The molecule has 4 aliphatic rings. The number of esters is 1. The summed E-state index contributed by atoms with van der Waals surface area (Å²) < 4.78 is 16.9. The number of benzene rings is 1. The summed E-state index contributed by atoms with van der Waals surface area (Å²) in [5, 5.41) is 27.9. The number of halogens is 1. The fourth-order valence-electron chi connectivity index (χ4n) is 9.50. The molecular weight excluding hydrogens is 678 g/mol. The van der Waals surface area contributed by atoms with Gasteiger partial charge in [0.25, 0.3) is 0 Å². The van der Waals surface area contributed by atoms with E-state index in [1.165, 1.54) is 11.9 Å². The Kier molecular flexibility index (Phi) is 11.2. The minimum Gasteiger partial charge on any atom is -0.450 e. The number of carbonyl (C=O) groups is 4. The van der Waals surface area contributed by atoms with Crippen molar-refractivity contribution in [2.45, 2.75) is 89.1 Å². The van der Waals surface area contributed by atoms with Crippen molar-refractivity contribution in [2.24, 2.45) is 28.6 Å². The van der Waals surface area contributed by atoms with Crippen molar-refractivity contribution >= 4 is 41.2 Å². The molecule has 1 aromatic carbocycles. The Morgan fingerprint density at radius 3 is 2.45 bits per heavy atom. The largest absolute Gasteiger partial charge is 0.450 e. The zero-order valence-electron chi connectivity index (χ0n) is 30.4. The maximum Gasteiger partial charge on any atom is 0.409 e. The number of hydrogen-bond acceptors (Lipinski definition) is 10. The lowest BCUT2D eigenvalue weighted by Crippen LogP contribution is -2.69. The van der Waals surface area contributed by atoms with E-state index in [1.54, 1.807) is 13.0 Å². The summed E-state index contributed by atoms with van der Waals surface area (Å²) in [6.45, 7) is 7.01. The van der Waals surface area contributed by atoms with Crippen LogP contribution in [0.2, 0.25) is 0 Å². The molecule has 0 aliphatic heterocycles. The van der Waals surface area contributed by atoms with Crippen LogP contribution in [0, 0.1) is 28.6 Å². The van der Waals surface area contributed by atoms with Gasteiger partial charge in [-0.3, -0.25) is 9.59 Å². The van der Waals surface area contributed by atoms with Crippen LogP contribution in [0.4, 0.5) is 15.3 Å². The van der Waals surface area contributed by atoms with Gasteiger partial charge in [-0.1, -0.05) is 63.6 Å². The molecule has 280 valence electrons. The molecule has 0 saturated heterocycles. The van der Waals surface area contributed by atoms with E-state index in [0.717, 1.165) is 16.8 Å². The molecule has 4 N–H and O–H groups in total. The number of fused-ring (bicyclic) bond motifs is 5. The Labute approximate surface area is 304 Å². The first kappa shape index (κ1) is 38.6. The van der Waals surface area contributed by atoms with Gasteiger partial charge in [0, 0.05) is 56.0 Å². The molecule has 0 aromatic heterocycles. The van der Waals surface area contributed by atoms with Gasteiger partial charge in [0.2, 0.25) is 5.78 Å². The molecular formula is C38H52ClN3O9. The molecule has 2 unspecified atom stereocenters. The number of allylic oxidation sites excluding steroid dienone is 2. The molecule has 3 saturated carbocycles. The number of rotatable bonds is 11. The van der Waals surface area contributed by atoms with Crippen molar-refractivity contribution in [1.29, 1.82) is 0 Å². The second kappa shape index (κ2) is 14.8. The number of anilines is 1. The molecule has 12 nitrogen and oxygen atoms in total. The average Bonchev–Trinajstić information content (AvgIpc) is 3.32. The second-order valence-corrected chi connectivity index (χ2v) is 15.6. The molecule has 0 radical (unpaired) electrons. The van der Waals surface area contributed by atoms with E-state index in [4.69, 9.17) is 25.8 Å². The molecule has 5 rings (SSSR count). The standard InChI is InChI=1S/C38H52ClN3O9/c1-7-32(46)51-38(31(45)22-50-34(48)42(6)17-16-41-33(47)49-21-24-8-11-26(40-5)12-9-24)23(2)18-29-28-13-10-25-19-27(43)14-15-35(25,3)37(28,39)30(44)20-36(29,38)4/h8-9,11-12,14-15,19,23,27-30,40,43-44H,7,10,13,16-18,20-22H2,1-6H3,(H,41,47)/t23-,27?,28-,29?,30-,35-,36-,37-,38-/m0/s1. The van der Waals surface area contributed by atoms with Gasteiger partial charge < -0.3 is 40.0 Å². The smallest absolute Gasteiger partial charge is 0.409 e. The number of ether oxygens (including phenoxy) is 3. The lowest BCUT2D eigenvalue weighted by molar-refractivity contribution is -0.202. The second-order valence-electron chi connectivity index (χ2n) is 15.0. The molecule has 13 heteroatoms. The summed E-state index contributed by atoms with van der Waals surface area (Å²) in [5.41, 5.74) is -0.662. The van der Waals surface area contributed by atoms with Gasteiger partial charge in [-0.25, -0.2) is 9.59 Å². The SMILES string of the molecule is CCC(=O)O[C@]1(C(=O)COC(=O)N(C)CCNC(=O)OCc2ccc(NC)cc2)[C@@H](C)CC2[C@@H]3CCC4=CC(O)C=C[C@]4(C)[C@@]3(Cl)[C@@H](O)C[C@@]21C. The highest BCUT2D eigenvalue weighted by Crippen LogP contribution is 2.72. The molecule has 2 amide bonds. The van der Waals surface area contributed by atoms with Gasteiger partial charge in [0.15, 0.2) is 12.2 Å². The number of alkyl carbamates (subject to hydrolysis) is 1. The maximum absolute atomic E-state index is 14.4. The van der Waals surface area contributed by atoms with Gasteiger partial charge in [0.1, 0.15) is 6.61 Å². The van der Waals surface area contributed by atoms with Crippen LogP contribution >= 0.6 is 11.6 Å². The van der Waals surface area contributed by atoms with E-state index in [2.05, 4.69) is 10.6 Å². The van der Waals surface area contributed by atoms with Crippen LogP contribution in [-0.2, 0) is 30.4 Å². The number of nitrogens with zero attached hydrogens (tertiary/aromatic N) is 1. The number of aliphatic hydroxyl groups is 2. The van der Waals surface area contributed by atoms with E-state index in [1.807, 2.05) is 64.2 Å². The van der Waals surface area contributed by atoms with Crippen molar-refractivity contribution in [3.63, 3.8) is 0 Å². The lowest BCUT2D eigenvalue weighted by atomic mass is 9.45. The van der Waals surface area contributed by atoms with Crippen molar-refractivity contribution < 1.29 is 43.6 Å². The summed E-state index contributed by atoms with van der Waals surface area (Å²) in [5.74, 6) is -2.00. The molecule has 4 aliphatic carbocycles. The Hall–Kier alpha value is -3.61. The average molecular weight is 730 g/mol. The first-order valence-electron chi connectivity index (χ1n) is 17.8. The lowest BCUT2D eigenvalue weighted by Gasteiger charge is -2.64. The van der Waals surface area contributed by atoms with Crippen LogP contribution in [0.25, 0.3) is 0 Å². The normalized spacial score (nSPS) is 34.9. The van der Waals surface area contributed by atoms with Crippen LogP contribution in [0.5, 0.6) is 0 Å². The quantitative estimate of drug-likeness (QED) is 0.106. The van der Waals surface area contributed by atoms with Gasteiger partial charge in [-0.05, 0) is 55.2 Å². The third-order valence-electron chi connectivity index (χ3n) is 12.2. The summed E-state index contributed by atoms with van der Waals surface area (Å²) >= 11 is 7.60. The Bertz CT molecular complexity index is 1570. The molecule has 1 aromatic rings. The number of Topliss-reactive ketones (excluding diaryl/α,β-unsaturated/α-hetero) is 1. The number of amides is 2. The van der Waals surface area contributed by atoms with Gasteiger partial charge >= 0.3 is 18.2 Å². The third kappa shape index (κ3) is 6.63. The summed E-state index contributed by atoms with van der Waals surface area (Å²) in [6.07, 6.45) is 4.13. The Morgan fingerprint density at radius 1 is 1.08 bits per heavy atom. The topological polar surface area (TPSA) is 164 Å². The summed E-state index contributed by atoms with van der Waals surface area (Å²) in [7, 11) is 3.29. The number of likely N-dealkylation sites (N-methyl/N-ethyl adjacent to an activating group) is 1. The summed E-state index contributed by atoms with van der Waals surface area (Å²) in [4.78, 5) is 52.8. The van der Waals surface area contributed by atoms with Crippen molar-refractivity contribution in [2.75, 3.05) is 39.1 Å². The van der Waals surface area contributed by atoms with Gasteiger partial charge in [0.05, 0.1) is 17.1 Å². The Balaban J connectivity index is 1.25. The Morgan fingerprint density at radius 2 is 1.78 bits per heavy atom. The van der Waals surface area contributed by atoms with E-state index in [9.17, 15) is 29.4 Å². The molecule has 3 fully saturated rings. The minimum atomic E-state index is -1.67. The van der Waals surface area contributed by atoms with E-state index in [-0.39, 0.29) is 44.4 Å². The zero-order chi connectivity index (χ0) is 37.4.